The van der Waals surface area contributed by atoms with E-state index < -0.39 is 6.04 Å². The summed E-state index contributed by atoms with van der Waals surface area (Å²) in [5, 5.41) is 3.09. The lowest BCUT2D eigenvalue weighted by Gasteiger charge is -2.32. The van der Waals surface area contributed by atoms with Crippen molar-refractivity contribution in [3.8, 4) is 5.75 Å². The number of nitrogens with zero attached hydrogens (tertiary/aromatic N) is 1. The molecule has 190 valence electrons. The Morgan fingerprint density at radius 2 is 1.64 bits per heavy atom. The van der Waals surface area contributed by atoms with E-state index in [4.69, 9.17) is 4.74 Å². The van der Waals surface area contributed by atoms with Gasteiger partial charge in [-0.15, -0.1) is 0 Å². The highest BCUT2D eigenvalue weighted by Crippen LogP contribution is 2.22. The van der Waals surface area contributed by atoms with E-state index in [9.17, 15) is 9.59 Å². The van der Waals surface area contributed by atoms with Gasteiger partial charge in [0.15, 0.2) is 6.61 Å². The molecular weight excluding hydrogens is 516 g/mol. The summed E-state index contributed by atoms with van der Waals surface area (Å²) in [6.07, 6.45) is 1.22. The summed E-state index contributed by atoms with van der Waals surface area (Å²) in [6, 6.07) is 22.7. The SMILES string of the molecule is CC[C@H](C)NC(=O)[C@H](Cc1ccccc1)N(Cc1ccc(Br)cc1)C(=O)COc1cccc(C)c1C. The van der Waals surface area contributed by atoms with Gasteiger partial charge in [0, 0.05) is 23.5 Å². The molecule has 2 amide bonds. The molecule has 0 aliphatic heterocycles. The number of hydrogen-bond acceptors (Lipinski definition) is 3. The van der Waals surface area contributed by atoms with E-state index in [1.807, 2.05) is 100 Å². The monoisotopic (exact) mass is 550 g/mol. The highest BCUT2D eigenvalue weighted by Gasteiger charge is 2.31. The van der Waals surface area contributed by atoms with Gasteiger partial charge in [-0.25, -0.2) is 0 Å². The molecule has 0 aromatic heterocycles. The van der Waals surface area contributed by atoms with Crippen LogP contribution in [-0.4, -0.2) is 35.4 Å². The van der Waals surface area contributed by atoms with E-state index in [1.54, 1.807) is 4.90 Å². The molecule has 0 radical (unpaired) electrons. The first kappa shape index (κ1) is 27.5. The van der Waals surface area contributed by atoms with Crippen LogP contribution in [0.15, 0.2) is 77.3 Å². The van der Waals surface area contributed by atoms with Crippen molar-refractivity contribution in [3.05, 3.63) is 99.5 Å². The molecule has 0 heterocycles. The second-order valence-corrected chi connectivity index (χ2v) is 10.1. The topological polar surface area (TPSA) is 58.6 Å². The number of carbonyl (C=O) groups is 2. The van der Waals surface area contributed by atoms with E-state index in [2.05, 4.69) is 21.2 Å². The van der Waals surface area contributed by atoms with Crippen LogP contribution in [0.5, 0.6) is 5.75 Å². The Kier molecular flexibility index (Phi) is 10.1. The molecule has 5 nitrogen and oxygen atoms in total. The molecule has 3 aromatic carbocycles. The van der Waals surface area contributed by atoms with Gasteiger partial charge in [0.2, 0.25) is 5.91 Å². The van der Waals surface area contributed by atoms with Crippen molar-refractivity contribution < 1.29 is 14.3 Å². The molecular formula is C30H35BrN2O3. The number of ether oxygens (including phenoxy) is 1. The maximum atomic E-state index is 13.7. The van der Waals surface area contributed by atoms with Crippen LogP contribution in [0.1, 0.15) is 42.5 Å². The third-order valence-corrected chi connectivity index (χ3v) is 6.97. The lowest BCUT2D eigenvalue weighted by molar-refractivity contribution is -0.143. The van der Waals surface area contributed by atoms with E-state index in [0.29, 0.717) is 18.7 Å². The normalized spacial score (nSPS) is 12.5. The standard InChI is InChI=1S/C30H35BrN2O3/c1-5-22(3)32-30(35)27(18-24-11-7-6-8-12-24)33(19-25-14-16-26(31)17-15-25)29(34)20-36-28-13-9-10-21(2)23(28)4/h6-17,22,27H,5,18-20H2,1-4H3,(H,32,35)/t22-,27-/m0/s1. The number of benzene rings is 3. The van der Waals surface area contributed by atoms with Gasteiger partial charge in [0.05, 0.1) is 0 Å². The number of halogens is 1. The molecule has 0 bridgehead atoms. The second kappa shape index (κ2) is 13.3. The molecule has 0 aliphatic carbocycles. The molecule has 3 aromatic rings. The lowest BCUT2D eigenvalue weighted by Crippen LogP contribution is -2.53. The lowest BCUT2D eigenvalue weighted by atomic mass is 10.0. The number of aryl methyl sites for hydroxylation is 1. The minimum Gasteiger partial charge on any atom is -0.483 e. The Balaban J connectivity index is 1.92. The van der Waals surface area contributed by atoms with Gasteiger partial charge >= 0.3 is 0 Å². The maximum Gasteiger partial charge on any atom is 0.261 e. The highest BCUT2D eigenvalue weighted by molar-refractivity contribution is 9.10. The van der Waals surface area contributed by atoms with E-state index in [1.165, 1.54) is 0 Å². The molecule has 0 fully saturated rings. The van der Waals surface area contributed by atoms with E-state index in [-0.39, 0.29) is 24.5 Å². The van der Waals surface area contributed by atoms with Gasteiger partial charge in [-0.1, -0.05) is 77.5 Å². The minimum atomic E-state index is -0.681. The van der Waals surface area contributed by atoms with Crippen molar-refractivity contribution in [1.29, 1.82) is 0 Å². The fourth-order valence-electron chi connectivity index (χ4n) is 3.88. The highest BCUT2D eigenvalue weighted by atomic mass is 79.9. The zero-order chi connectivity index (χ0) is 26.1. The zero-order valence-corrected chi connectivity index (χ0v) is 23.0. The van der Waals surface area contributed by atoms with Crippen molar-refractivity contribution in [2.45, 2.75) is 59.2 Å². The van der Waals surface area contributed by atoms with E-state index >= 15 is 0 Å². The number of nitrogens with one attached hydrogen (secondary N) is 1. The molecule has 0 saturated heterocycles. The molecule has 2 atom stereocenters. The minimum absolute atomic E-state index is 0.00611. The quantitative estimate of drug-likeness (QED) is 0.318. The maximum absolute atomic E-state index is 13.7. The first-order valence-electron chi connectivity index (χ1n) is 12.4. The Bertz CT molecular complexity index is 1150. The van der Waals surface area contributed by atoms with Crippen LogP contribution < -0.4 is 10.1 Å². The molecule has 3 rings (SSSR count). The fourth-order valence-corrected chi connectivity index (χ4v) is 4.15. The van der Waals surface area contributed by atoms with Gasteiger partial charge in [-0.05, 0) is 67.6 Å². The van der Waals surface area contributed by atoms with Crippen LogP contribution in [0.4, 0.5) is 0 Å². The second-order valence-electron chi connectivity index (χ2n) is 9.16. The predicted octanol–water partition coefficient (Wildman–Crippen LogP) is 6.00. The Morgan fingerprint density at radius 1 is 0.944 bits per heavy atom. The number of rotatable bonds is 11. The fraction of sp³-hybridized carbons (Fsp3) is 0.333. The molecule has 0 spiro atoms. The molecule has 6 heteroatoms. The van der Waals surface area contributed by atoms with Crippen molar-refractivity contribution >= 4 is 27.7 Å². The van der Waals surface area contributed by atoms with Gasteiger partial charge in [-0.2, -0.15) is 0 Å². The summed E-state index contributed by atoms with van der Waals surface area (Å²) < 4.78 is 6.93. The number of hydrogen-bond donors (Lipinski definition) is 1. The van der Waals surface area contributed by atoms with Crippen LogP contribution in [0.2, 0.25) is 0 Å². The van der Waals surface area contributed by atoms with E-state index in [0.717, 1.165) is 33.1 Å². The average Bonchev–Trinajstić information content (AvgIpc) is 2.88. The number of amides is 2. The van der Waals surface area contributed by atoms with Gasteiger partial charge < -0.3 is 15.0 Å². The summed E-state index contributed by atoms with van der Waals surface area (Å²) in [5.41, 5.74) is 4.03. The van der Waals surface area contributed by atoms with Crippen LogP contribution >= 0.6 is 15.9 Å². The summed E-state index contributed by atoms with van der Waals surface area (Å²) in [7, 11) is 0. The van der Waals surface area contributed by atoms with Crippen molar-refractivity contribution in [1.82, 2.24) is 10.2 Å². The van der Waals surface area contributed by atoms with Gasteiger partial charge in [0.25, 0.3) is 5.91 Å². The van der Waals surface area contributed by atoms with Crippen molar-refractivity contribution in [3.63, 3.8) is 0 Å². The number of carbonyl (C=O) groups excluding carboxylic acids is 2. The summed E-state index contributed by atoms with van der Waals surface area (Å²) in [5.74, 6) is 0.278. The zero-order valence-electron chi connectivity index (χ0n) is 21.5. The summed E-state index contributed by atoms with van der Waals surface area (Å²) in [4.78, 5) is 28.9. The largest absolute Gasteiger partial charge is 0.483 e. The molecule has 1 N–H and O–H groups in total. The van der Waals surface area contributed by atoms with Crippen LogP contribution in [-0.2, 0) is 22.6 Å². The summed E-state index contributed by atoms with van der Waals surface area (Å²) in [6.45, 7) is 8.14. The average molecular weight is 552 g/mol. The summed E-state index contributed by atoms with van der Waals surface area (Å²) >= 11 is 3.47. The van der Waals surface area contributed by atoms with Gasteiger partial charge in [0.1, 0.15) is 11.8 Å². The Hall–Kier alpha value is -3.12. The first-order chi connectivity index (χ1) is 17.3. The van der Waals surface area contributed by atoms with Gasteiger partial charge in [-0.3, -0.25) is 9.59 Å². The van der Waals surface area contributed by atoms with Crippen LogP contribution in [0.3, 0.4) is 0 Å². The first-order valence-corrected chi connectivity index (χ1v) is 13.1. The molecule has 0 aliphatic rings. The Labute approximate surface area is 223 Å². The third kappa shape index (κ3) is 7.69. The third-order valence-electron chi connectivity index (χ3n) is 6.44. The van der Waals surface area contributed by atoms with Crippen molar-refractivity contribution in [2.75, 3.05) is 6.61 Å². The molecule has 36 heavy (non-hydrogen) atoms. The Morgan fingerprint density at radius 3 is 2.31 bits per heavy atom. The molecule has 0 saturated carbocycles. The van der Waals surface area contributed by atoms with Crippen LogP contribution in [0.25, 0.3) is 0 Å². The smallest absolute Gasteiger partial charge is 0.261 e. The van der Waals surface area contributed by atoms with Crippen LogP contribution in [0, 0.1) is 13.8 Å². The molecule has 0 unspecified atom stereocenters. The van der Waals surface area contributed by atoms with Crippen molar-refractivity contribution in [2.24, 2.45) is 0 Å². The predicted molar refractivity (Wildman–Crippen MR) is 148 cm³/mol.